The minimum Gasteiger partial charge on any atom is -0.496 e. The molecule has 0 saturated carbocycles. The second-order valence-corrected chi connectivity index (χ2v) is 9.23. The molecular weight excluding hydrogens is 444 g/mol. The summed E-state index contributed by atoms with van der Waals surface area (Å²) in [6.45, 7) is 4.57. The predicted molar refractivity (Wildman–Crippen MR) is 134 cm³/mol. The Morgan fingerprint density at radius 3 is 2.69 bits per heavy atom. The third-order valence-corrected chi connectivity index (χ3v) is 6.36. The Kier molecular flexibility index (Phi) is 5.89. The fourth-order valence-corrected chi connectivity index (χ4v) is 4.58. The van der Waals surface area contributed by atoms with Crippen LogP contribution in [0, 0.1) is 0 Å². The lowest BCUT2D eigenvalue weighted by atomic mass is 9.87. The molecule has 35 heavy (non-hydrogen) atoms. The molecule has 2 aliphatic rings. The van der Waals surface area contributed by atoms with Gasteiger partial charge in [0, 0.05) is 23.1 Å². The van der Waals surface area contributed by atoms with Crippen molar-refractivity contribution in [2.45, 2.75) is 31.8 Å². The Bertz CT molecular complexity index is 1310. The van der Waals surface area contributed by atoms with Crippen LogP contribution in [0.3, 0.4) is 0 Å². The van der Waals surface area contributed by atoms with Crippen LogP contribution in [0.25, 0.3) is 12.2 Å². The zero-order chi connectivity index (χ0) is 24.6. The first-order valence-corrected chi connectivity index (χ1v) is 11.6. The number of methoxy groups -OCH3 is 2. The molecule has 5 rings (SSSR count). The summed E-state index contributed by atoms with van der Waals surface area (Å²) < 4.78 is 28.9. The first kappa shape index (κ1) is 22.8. The van der Waals surface area contributed by atoms with E-state index in [9.17, 15) is 4.79 Å². The SMILES string of the molecule is COc1cc(OC)c([C@@H]2COc3c(ccc4c3C=CC(C)(C)O4)C2)cc1/C=C/C(=O)c1ccco1. The Morgan fingerprint density at radius 1 is 1.11 bits per heavy atom. The molecule has 0 amide bonds. The molecule has 6 heteroatoms. The Labute approximate surface area is 204 Å². The molecule has 2 aromatic carbocycles. The number of rotatable bonds is 6. The molecule has 1 aromatic heterocycles. The zero-order valence-electron chi connectivity index (χ0n) is 20.3. The number of fused-ring (bicyclic) bond motifs is 3. The highest BCUT2D eigenvalue weighted by molar-refractivity contribution is 6.05. The van der Waals surface area contributed by atoms with Crippen LogP contribution in [0.4, 0.5) is 0 Å². The van der Waals surface area contributed by atoms with Crippen molar-refractivity contribution in [1.82, 2.24) is 0 Å². The number of benzene rings is 2. The van der Waals surface area contributed by atoms with E-state index in [0.29, 0.717) is 12.4 Å². The monoisotopic (exact) mass is 472 g/mol. The average molecular weight is 473 g/mol. The maximum absolute atomic E-state index is 12.4. The highest BCUT2D eigenvalue weighted by atomic mass is 16.5. The number of ether oxygens (including phenoxy) is 4. The molecule has 0 unspecified atom stereocenters. The minimum atomic E-state index is -0.336. The predicted octanol–water partition coefficient (Wildman–Crippen LogP) is 6.10. The van der Waals surface area contributed by atoms with Crippen molar-refractivity contribution in [3.8, 4) is 23.0 Å². The van der Waals surface area contributed by atoms with Crippen LogP contribution in [0.1, 0.15) is 52.6 Å². The van der Waals surface area contributed by atoms with Gasteiger partial charge < -0.3 is 23.4 Å². The summed E-state index contributed by atoms with van der Waals surface area (Å²) in [6.07, 6.45) is 9.64. The van der Waals surface area contributed by atoms with Gasteiger partial charge in [-0.05, 0) is 74.4 Å². The van der Waals surface area contributed by atoms with Crippen molar-refractivity contribution < 1.29 is 28.2 Å². The van der Waals surface area contributed by atoms with Crippen LogP contribution in [0.5, 0.6) is 23.0 Å². The molecule has 1 atom stereocenters. The van der Waals surface area contributed by atoms with Gasteiger partial charge in [0.25, 0.3) is 0 Å². The van der Waals surface area contributed by atoms with Crippen LogP contribution in [-0.4, -0.2) is 32.2 Å². The van der Waals surface area contributed by atoms with Gasteiger partial charge >= 0.3 is 0 Å². The van der Waals surface area contributed by atoms with Gasteiger partial charge in [0.15, 0.2) is 5.76 Å². The van der Waals surface area contributed by atoms with Crippen molar-refractivity contribution >= 4 is 17.9 Å². The zero-order valence-corrected chi connectivity index (χ0v) is 20.3. The Hall–Kier alpha value is -3.93. The molecule has 180 valence electrons. The number of hydrogen-bond donors (Lipinski definition) is 0. The molecule has 0 aliphatic carbocycles. The van der Waals surface area contributed by atoms with E-state index in [1.165, 1.54) is 12.3 Å². The maximum Gasteiger partial charge on any atom is 0.221 e. The van der Waals surface area contributed by atoms with Crippen LogP contribution >= 0.6 is 0 Å². The van der Waals surface area contributed by atoms with Gasteiger partial charge in [0.05, 0.1) is 32.7 Å². The smallest absolute Gasteiger partial charge is 0.221 e. The summed E-state index contributed by atoms with van der Waals surface area (Å²) in [4.78, 5) is 12.4. The van der Waals surface area contributed by atoms with Crippen LogP contribution in [-0.2, 0) is 6.42 Å². The topological polar surface area (TPSA) is 67.1 Å². The highest BCUT2D eigenvalue weighted by Crippen LogP contribution is 2.45. The normalized spacial score (nSPS) is 17.8. The van der Waals surface area contributed by atoms with Crippen molar-refractivity contribution in [2.75, 3.05) is 20.8 Å². The van der Waals surface area contributed by atoms with E-state index in [-0.39, 0.29) is 23.1 Å². The molecule has 3 aromatic rings. The second-order valence-electron chi connectivity index (χ2n) is 9.23. The molecule has 6 nitrogen and oxygen atoms in total. The van der Waals surface area contributed by atoms with E-state index in [0.717, 1.165) is 45.9 Å². The number of hydrogen-bond acceptors (Lipinski definition) is 6. The van der Waals surface area contributed by atoms with Crippen molar-refractivity contribution in [1.29, 1.82) is 0 Å². The number of carbonyl (C=O) groups is 1. The van der Waals surface area contributed by atoms with Gasteiger partial charge in [-0.25, -0.2) is 0 Å². The fourth-order valence-electron chi connectivity index (χ4n) is 4.58. The molecule has 0 bridgehead atoms. The third-order valence-electron chi connectivity index (χ3n) is 6.36. The first-order chi connectivity index (χ1) is 16.9. The first-order valence-electron chi connectivity index (χ1n) is 11.6. The summed E-state index contributed by atoms with van der Waals surface area (Å²) in [5.74, 6) is 3.19. The molecular formula is C29H28O6. The number of carbonyl (C=O) groups excluding carboxylic acids is 1. The van der Waals surface area contributed by atoms with E-state index in [4.69, 9.17) is 23.4 Å². The average Bonchev–Trinajstić information content (AvgIpc) is 3.41. The lowest BCUT2D eigenvalue weighted by Gasteiger charge is -2.32. The van der Waals surface area contributed by atoms with Crippen LogP contribution < -0.4 is 18.9 Å². The lowest BCUT2D eigenvalue weighted by Crippen LogP contribution is -2.28. The van der Waals surface area contributed by atoms with Gasteiger partial charge in [-0.2, -0.15) is 0 Å². The molecule has 0 N–H and O–H groups in total. The number of ketones is 1. The summed E-state index contributed by atoms with van der Waals surface area (Å²) in [6, 6.07) is 11.3. The fraction of sp³-hybridized carbons (Fsp3) is 0.276. The highest BCUT2D eigenvalue weighted by Gasteiger charge is 2.30. The second kappa shape index (κ2) is 9.02. The van der Waals surface area contributed by atoms with Gasteiger partial charge in [-0.3, -0.25) is 4.79 Å². The largest absolute Gasteiger partial charge is 0.496 e. The number of allylic oxidation sites excluding steroid dienone is 1. The van der Waals surface area contributed by atoms with Gasteiger partial charge in [0.1, 0.15) is 28.6 Å². The summed E-state index contributed by atoms with van der Waals surface area (Å²) in [5.41, 5.74) is 3.54. The van der Waals surface area contributed by atoms with Crippen molar-refractivity contribution in [2.24, 2.45) is 0 Å². The minimum absolute atomic E-state index is 0.0688. The lowest BCUT2D eigenvalue weighted by molar-refractivity contribution is 0.102. The quantitative estimate of drug-likeness (QED) is 0.319. The van der Waals surface area contributed by atoms with E-state index in [2.05, 4.69) is 18.2 Å². The molecule has 0 radical (unpaired) electrons. The van der Waals surface area contributed by atoms with Gasteiger partial charge in [0.2, 0.25) is 5.78 Å². The van der Waals surface area contributed by atoms with Gasteiger partial charge in [-0.15, -0.1) is 0 Å². The molecule has 0 saturated heterocycles. The van der Waals surface area contributed by atoms with Gasteiger partial charge in [-0.1, -0.05) is 6.07 Å². The van der Waals surface area contributed by atoms with E-state index < -0.39 is 0 Å². The summed E-state index contributed by atoms with van der Waals surface area (Å²) in [5, 5.41) is 0. The molecule has 0 fully saturated rings. The summed E-state index contributed by atoms with van der Waals surface area (Å²) in [7, 11) is 3.24. The van der Waals surface area contributed by atoms with Crippen molar-refractivity contribution in [3.63, 3.8) is 0 Å². The third kappa shape index (κ3) is 4.44. The Balaban J connectivity index is 1.46. The molecule has 0 spiro atoms. The molecule has 2 aliphatic heterocycles. The van der Waals surface area contributed by atoms with E-state index >= 15 is 0 Å². The van der Waals surface area contributed by atoms with E-state index in [1.807, 2.05) is 32.0 Å². The standard InChI is InChI=1S/C29H28O6/c1-29(2)12-11-21-24(35-29)10-8-19-14-20(17-34-28(19)21)22-15-18(26(31-3)16-27(22)32-4)7-9-23(30)25-6-5-13-33-25/h5-13,15-16,20H,14,17H2,1-4H3/b9-7+/t20-/m0/s1. The molecule has 3 heterocycles. The van der Waals surface area contributed by atoms with E-state index in [1.54, 1.807) is 32.4 Å². The number of furan rings is 1. The Morgan fingerprint density at radius 2 is 1.94 bits per heavy atom. The maximum atomic E-state index is 12.4. The van der Waals surface area contributed by atoms with Crippen LogP contribution in [0.15, 0.2) is 59.2 Å². The summed E-state index contributed by atoms with van der Waals surface area (Å²) >= 11 is 0. The van der Waals surface area contributed by atoms with Crippen LogP contribution in [0.2, 0.25) is 0 Å². The van der Waals surface area contributed by atoms with Crippen molar-refractivity contribution in [3.05, 3.63) is 82.8 Å².